The van der Waals surface area contributed by atoms with Crippen LogP contribution in [0.2, 0.25) is 0 Å². The first kappa shape index (κ1) is 12.6. The van der Waals surface area contributed by atoms with Gasteiger partial charge >= 0.3 is 0 Å². The van der Waals surface area contributed by atoms with E-state index in [1.54, 1.807) is 0 Å². The minimum absolute atomic E-state index is 0.250. The van der Waals surface area contributed by atoms with Crippen LogP contribution in [0.15, 0.2) is 28.9 Å². The van der Waals surface area contributed by atoms with E-state index in [0.29, 0.717) is 18.1 Å². The van der Waals surface area contributed by atoms with E-state index in [2.05, 4.69) is 24.5 Å². The van der Waals surface area contributed by atoms with Gasteiger partial charge in [-0.05, 0) is 41.8 Å². The predicted molar refractivity (Wildman–Crippen MR) is 75.7 cm³/mol. The average molecular weight is 272 g/mol. The third kappa shape index (κ3) is 2.12. The fourth-order valence-electron chi connectivity index (χ4n) is 2.25. The third-order valence-corrected chi connectivity index (χ3v) is 3.22. The summed E-state index contributed by atoms with van der Waals surface area (Å²) in [7, 11) is 0. The molecule has 104 valence electrons. The van der Waals surface area contributed by atoms with Gasteiger partial charge in [-0.3, -0.25) is 0 Å². The highest BCUT2D eigenvalue weighted by Gasteiger charge is 2.18. The van der Waals surface area contributed by atoms with Crippen molar-refractivity contribution < 1.29 is 4.63 Å². The molecule has 0 aliphatic heterocycles. The summed E-state index contributed by atoms with van der Waals surface area (Å²) in [6, 6.07) is 7.92. The number of nitrogen functional groups attached to an aromatic ring is 1. The molecular formula is C13H16N6O. The highest BCUT2D eigenvalue weighted by molar-refractivity contribution is 5.81. The minimum Gasteiger partial charge on any atom is -0.379 e. The highest BCUT2D eigenvalue weighted by atomic mass is 16.6. The molecule has 0 radical (unpaired) electrons. The number of imidazole rings is 1. The maximum atomic E-state index is 5.78. The lowest BCUT2D eigenvalue weighted by atomic mass is 10.3. The quantitative estimate of drug-likeness (QED) is 0.680. The summed E-state index contributed by atoms with van der Waals surface area (Å²) in [5.74, 6) is 0.933. The molecule has 0 aliphatic rings. The molecule has 0 saturated heterocycles. The number of unbranched alkanes of at least 4 members (excludes halogenated alkanes) is 1. The third-order valence-electron chi connectivity index (χ3n) is 3.22. The van der Waals surface area contributed by atoms with Crippen molar-refractivity contribution in [2.45, 2.75) is 19.4 Å². The van der Waals surface area contributed by atoms with E-state index in [4.69, 9.17) is 11.5 Å². The molecule has 3 rings (SSSR count). The van der Waals surface area contributed by atoms with Crippen molar-refractivity contribution in [2.24, 2.45) is 5.73 Å². The number of fused-ring (bicyclic) bond motifs is 1. The number of rotatable bonds is 5. The number of benzene rings is 1. The molecule has 0 spiro atoms. The second kappa shape index (κ2) is 5.30. The molecule has 7 nitrogen and oxygen atoms in total. The lowest BCUT2D eigenvalue weighted by molar-refractivity contribution is 0.310. The van der Waals surface area contributed by atoms with Crippen LogP contribution in [0.4, 0.5) is 5.82 Å². The van der Waals surface area contributed by atoms with E-state index in [-0.39, 0.29) is 5.82 Å². The van der Waals surface area contributed by atoms with Crippen molar-refractivity contribution in [1.82, 2.24) is 19.9 Å². The Morgan fingerprint density at radius 2 is 2.00 bits per heavy atom. The standard InChI is InChI=1S/C13H16N6O/c14-7-3-4-8-19-10-6-2-1-5-9(10)16-13(19)11-12(15)18-20-17-11/h1-2,5-6H,3-4,7-8,14H2,(H2,15,18). The molecule has 20 heavy (non-hydrogen) atoms. The molecule has 0 amide bonds. The molecule has 2 aromatic heterocycles. The Morgan fingerprint density at radius 3 is 2.75 bits per heavy atom. The zero-order chi connectivity index (χ0) is 13.9. The monoisotopic (exact) mass is 272 g/mol. The van der Waals surface area contributed by atoms with E-state index >= 15 is 0 Å². The van der Waals surface area contributed by atoms with Crippen LogP contribution in [0, 0.1) is 0 Å². The Bertz CT molecular complexity index is 717. The highest BCUT2D eigenvalue weighted by Crippen LogP contribution is 2.26. The zero-order valence-corrected chi connectivity index (χ0v) is 11.0. The fraction of sp³-hybridized carbons (Fsp3) is 0.308. The van der Waals surface area contributed by atoms with Crippen LogP contribution in [0.25, 0.3) is 22.6 Å². The molecule has 1 aromatic carbocycles. The van der Waals surface area contributed by atoms with Crippen LogP contribution in [0.1, 0.15) is 12.8 Å². The molecule has 4 N–H and O–H groups in total. The molecule has 0 aliphatic carbocycles. The topological polar surface area (TPSA) is 109 Å². The Balaban J connectivity index is 2.10. The molecule has 2 heterocycles. The summed E-state index contributed by atoms with van der Waals surface area (Å²) in [4.78, 5) is 4.58. The fourth-order valence-corrected chi connectivity index (χ4v) is 2.25. The first-order valence-electron chi connectivity index (χ1n) is 6.55. The van der Waals surface area contributed by atoms with E-state index in [1.165, 1.54) is 0 Å². The van der Waals surface area contributed by atoms with Gasteiger partial charge in [0.05, 0.1) is 11.0 Å². The van der Waals surface area contributed by atoms with Gasteiger partial charge in [-0.25, -0.2) is 9.61 Å². The second-order valence-electron chi connectivity index (χ2n) is 4.57. The number of aryl methyl sites for hydroxylation is 1. The van der Waals surface area contributed by atoms with Crippen molar-refractivity contribution in [3.63, 3.8) is 0 Å². The van der Waals surface area contributed by atoms with Crippen LogP contribution < -0.4 is 11.5 Å². The molecule has 3 aromatic rings. The van der Waals surface area contributed by atoms with Crippen LogP contribution in [0.5, 0.6) is 0 Å². The Hall–Kier alpha value is -2.41. The van der Waals surface area contributed by atoms with Gasteiger partial charge < -0.3 is 16.0 Å². The number of hydrogen-bond acceptors (Lipinski definition) is 6. The van der Waals surface area contributed by atoms with Gasteiger partial charge in [-0.1, -0.05) is 12.1 Å². The van der Waals surface area contributed by atoms with Gasteiger partial charge in [-0.15, -0.1) is 0 Å². The Labute approximate surface area is 115 Å². The number of hydrogen-bond donors (Lipinski definition) is 2. The van der Waals surface area contributed by atoms with E-state index < -0.39 is 0 Å². The van der Waals surface area contributed by atoms with Crippen LogP contribution in [-0.2, 0) is 6.54 Å². The van der Waals surface area contributed by atoms with Gasteiger partial charge in [0.1, 0.15) is 0 Å². The molecule has 0 unspecified atom stereocenters. The van der Waals surface area contributed by atoms with Crippen LogP contribution >= 0.6 is 0 Å². The van der Waals surface area contributed by atoms with Crippen molar-refractivity contribution >= 4 is 16.9 Å². The van der Waals surface area contributed by atoms with Crippen LogP contribution in [0.3, 0.4) is 0 Å². The van der Waals surface area contributed by atoms with Crippen molar-refractivity contribution in [3.05, 3.63) is 24.3 Å². The van der Waals surface area contributed by atoms with Gasteiger partial charge in [0, 0.05) is 6.54 Å². The summed E-state index contributed by atoms with van der Waals surface area (Å²) < 4.78 is 6.76. The molecule has 0 bridgehead atoms. The molecule has 0 fully saturated rings. The summed E-state index contributed by atoms with van der Waals surface area (Å²) in [6.45, 7) is 1.48. The van der Waals surface area contributed by atoms with Gasteiger partial charge in [0.2, 0.25) is 0 Å². The van der Waals surface area contributed by atoms with E-state index in [1.807, 2.05) is 24.3 Å². The van der Waals surface area contributed by atoms with E-state index in [0.717, 1.165) is 30.4 Å². The molecule has 0 saturated carbocycles. The normalized spacial score (nSPS) is 11.2. The summed E-state index contributed by atoms with van der Waals surface area (Å²) in [5, 5.41) is 7.47. The number of nitrogens with zero attached hydrogens (tertiary/aromatic N) is 4. The number of para-hydroxylation sites is 2. The largest absolute Gasteiger partial charge is 0.379 e. The Kier molecular flexibility index (Phi) is 3.34. The van der Waals surface area contributed by atoms with Gasteiger partial charge in [0.25, 0.3) is 0 Å². The van der Waals surface area contributed by atoms with Gasteiger partial charge in [-0.2, -0.15) is 0 Å². The lowest BCUT2D eigenvalue weighted by Crippen LogP contribution is -2.05. The smallest absolute Gasteiger partial charge is 0.199 e. The van der Waals surface area contributed by atoms with Crippen LogP contribution in [-0.4, -0.2) is 26.4 Å². The zero-order valence-electron chi connectivity index (χ0n) is 11.0. The summed E-state index contributed by atoms with van der Waals surface area (Å²) >= 11 is 0. The molecule has 0 atom stereocenters. The summed E-state index contributed by atoms with van der Waals surface area (Å²) in [5.41, 5.74) is 13.8. The maximum Gasteiger partial charge on any atom is 0.199 e. The SMILES string of the molecule is NCCCCn1c(-c2nonc2N)nc2ccccc21. The first-order chi connectivity index (χ1) is 9.81. The molecule has 7 heteroatoms. The molecular weight excluding hydrogens is 256 g/mol. The number of aromatic nitrogens is 4. The van der Waals surface area contributed by atoms with Gasteiger partial charge in [0.15, 0.2) is 17.3 Å². The lowest BCUT2D eigenvalue weighted by Gasteiger charge is -2.07. The first-order valence-corrected chi connectivity index (χ1v) is 6.55. The second-order valence-corrected chi connectivity index (χ2v) is 4.57. The van der Waals surface area contributed by atoms with Crippen molar-refractivity contribution in [3.8, 4) is 11.5 Å². The minimum atomic E-state index is 0.250. The van der Waals surface area contributed by atoms with Crippen molar-refractivity contribution in [2.75, 3.05) is 12.3 Å². The average Bonchev–Trinajstić information content (AvgIpc) is 3.03. The predicted octanol–water partition coefficient (Wildman–Crippen LogP) is 1.41. The maximum absolute atomic E-state index is 5.78. The van der Waals surface area contributed by atoms with E-state index in [9.17, 15) is 0 Å². The number of nitrogens with two attached hydrogens (primary N) is 2. The Morgan fingerprint density at radius 1 is 1.15 bits per heavy atom. The summed E-state index contributed by atoms with van der Waals surface area (Å²) in [6.07, 6.45) is 1.92. The number of anilines is 1. The van der Waals surface area contributed by atoms with Crippen molar-refractivity contribution in [1.29, 1.82) is 0 Å².